The van der Waals surface area contributed by atoms with Crippen LogP contribution in [-0.2, 0) is 0 Å². The van der Waals surface area contributed by atoms with Gasteiger partial charge in [0.1, 0.15) is 0 Å². The molecule has 0 spiro atoms. The fourth-order valence-corrected chi connectivity index (χ4v) is 1.35. The molecule has 0 fully saturated rings. The summed E-state index contributed by atoms with van der Waals surface area (Å²) in [4.78, 5) is 8.59. The molecule has 0 radical (unpaired) electrons. The topological polar surface area (TPSA) is 47.0 Å². The van der Waals surface area contributed by atoms with Crippen LogP contribution < -0.4 is 10.1 Å². The molecular formula is C12H20ClN3O. The molecule has 0 aliphatic rings. The summed E-state index contributed by atoms with van der Waals surface area (Å²) >= 11 is 5.74. The number of halogens is 1. The summed E-state index contributed by atoms with van der Waals surface area (Å²) in [5, 5.41) is 3.16. The highest BCUT2D eigenvalue weighted by Gasteiger charge is 2.06. The summed E-state index contributed by atoms with van der Waals surface area (Å²) in [7, 11) is 0. The van der Waals surface area contributed by atoms with Gasteiger partial charge in [0.2, 0.25) is 11.8 Å². The van der Waals surface area contributed by atoms with Gasteiger partial charge in [-0.2, -0.15) is 4.98 Å². The molecule has 0 aliphatic carbocycles. The molecule has 0 saturated heterocycles. The Morgan fingerprint density at radius 2 is 2.06 bits per heavy atom. The lowest BCUT2D eigenvalue weighted by Gasteiger charge is -2.12. The molecule has 1 unspecified atom stereocenters. The Bertz CT molecular complexity index is 358. The standard InChI is InChI=1S/C12H20ClN3O/c1-8(2)17-11-5-10(4)15-12(16-11)14-7-9(3)6-13/h5,8-9H,6-7H2,1-4H3,(H,14,15,16). The van der Waals surface area contributed by atoms with E-state index in [1.165, 1.54) is 0 Å². The lowest BCUT2D eigenvalue weighted by molar-refractivity contribution is 0.232. The highest BCUT2D eigenvalue weighted by atomic mass is 35.5. The first kappa shape index (κ1) is 14.0. The molecule has 0 aliphatic heterocycles. The molecule has 0 aromatic carbocycles. The van der Waals surface area contributed by atoms with Gasteiger partial charge in [0.25, 0.3) is 0 Å². The van der Waals surface area contributed by atoms with Crippen molar-refractivity contribution in [2.75, 3.05) is 17.7 Å². The Labute approximate surface area is 108 Å². The SMILES string of the molecule is Cc1cc(OC(C)C)nc(NCC(C)CCl)n1. The van der Waals surface area contributed by atoms with Gasteiger partial charge in [-0.15, -0.1) is 11.6 Å². The highest BCUT2D eigenvalue weighted by molar-refractivity contribution is 6.18. The van der Waals surface area contributed by atoms with Gasteiger partial charge in [-0.05, 0) is 26.7 Å². The van der Waals surface area contributed by atoms with Crippen LogP contribution in [0.4, 0.5) is 5.95 Å². The van der Waals surface area contributed by atoms with E-state index in [4.69, 9.17) is 16.3 Å². The first-order valence-corrected chi connectivity index (χ1v) is 6.37. The molecular weight excluding hydrogens is 238 g/mol. The molecule has 1 heterocycles. The van der Waals surface area contributed by atoms with Crippen LogP contribution in [0.1, 0.15) is 26.5 Å². The van der Waals surface area contributed by atoms with Crippen LogP contribution in [0.25, 0.3) is 0 Å². The van der Waals surface area contributed by atoms with E-state index in [2.05, 4.69) is 22.2 Å². The Hall–Kier alpha value is -1.03. The average Bonchev–Trinajstić information content (AvgIpc) is 2.24. The number of aryl methyl sites for hydroxylation is 1. The number of alkyl halides is 1. The van der Waals surface area contributed by atoms with Gasteiger partial charge in [0.05, 0.1) is 6.10 Å². The van der Waals surface area contributed by atoms with E-state index in [0.29, 0.717) is 23.6 Å². The number of ether oxygens (including phenoxy) is 1. The van der Waals surface area contributed by atoms with Crippen molar-refractivity contribution in [2.24, 2.45) is 5.92 Å². The highest BCUT2D eigenvalue weighted by Crippen LogP contribution is 2.13. The summed E-state index contributed by atoms with van der Waals surface area (Å²) in [6.07, 6.45) is 0.110. The summed E-state index contributed by atoms with van der Waals surface area (Å²) in [5.41, 5.74) is 0.886. The monoisotopic (exact) mass is 257 g/mol. The van der Waals surface area contributed by atoms with Crippen molar-refractivity contribution in [1.82, 2.24) is 9.97 Å². The fraction of sp³-hybridized carbons (Fsp3) is 0.667. The Balaban J connectivity index is 2.68. The van der Waals surface area contributed by atoms with Gasteiger partial charge in [0, 0.05) is 24.2 Å². The molecule has 1 aromatic heterocycles. The van der Waals surface area contributed by atoms with Crippen LogP contribution >= 0.6 is 11.6 Å². The Morgan fingerprint density at radius 1 is 1.35 bits per heavy atom. The molecule has 5 heteroatoms. The Kier molecular flexibility index (Phi) is 5.48. The minimum Gasteiger partial charge on any atom is -0.475 e. The van der Waals surface area contributed by atoms with E-state index in [-0.39, 0.29) is 6.10 Å². The van der Waals surface area contributed by atoms with Crippen molar-refractivity contribution >= 4 is 17.5 Å². The van der Waals surface area contributed by atoms with Crippen molar-refractivity contribution in [3.8, 4) is 5.88 Å². The first-order chi connectivity index (χ1) is 8.01. The average molecular weight is 258 g/mol. The maximum absolute atomic E-state index is 5.74. The predicted octanol–water partition coefficient (Wildman–Crippen LogP) is 2.86. The van der Waals surface area contributed by atoms with E-state index in [9.17, 15) is 0 Å². The third-order valence-electron chi connectivity index (χ3n) is 2.06. The smallest absolute Gasteiger partial charge is 0.226 e. The maximum atomic E-state index is 5.74. The molecule has 17 heavy (non-hydrogen) atoms. The summed E-state index contributed by atoms with van der Waals surface area (Å²) in [5.74, 6) is 2.20. The summed E-state index contributed by atoms with van der Waals surface area (Å²) in [6.45, 7) is 8.70. The third kappa shape index (κ3) is 5.22. The number of hydrogen-bond donors (Lipinski definition) is 1. The van der Waals surface area contributed by atoms with Crippen LogP contribution in [0.15, 0.2) is 6.07 Å². The molecule has 1 aromatic rings. The van der Waals surface area contributed by atoms with Crippen LogP contribution in [0.3, 0.4) is 0 Å². The van der Waals surface area contributed by atoms with Crippen molar-refractivity contribution in [3.05, 3.63) is 11.8 Å². The van der Waals surface area contributed by atoms with Crippen molar-refractivity contribution in [2.45, 2.75) is 33.8 Å². The minimum absolute atomic E-state index is 0.110. The second kappa shape index (κ2) is 6.64. The van der Waals surface area contributed by atoms with Gasteiger partial charge >= 0.3 is 0 Å². The van der Waals surface area contributed by atoms with E-state index < -0.39 is 0 Å². The number of rotatable bonds is 6. The Morgan fingerprint density at radius 3 is 2.65 bits per heavy atom. The zero-order valence-electron chi connectivity index (χ0n) is 10.8. The maximum Gasteiger partial charge on any atom is 0.226 e. The van der Waals surface area contributed by atoms with Gasteiger partial charge < -0.3 is 10.1 Å². The quantitative estimate of drug-likeness (QED) is 0.796. The van der Waals surface area contributed by atoms with Crippen LogP contribution in [0.2, 0.25) is 0 Å². The zero-order chi connectivity index (χ0) is 12.8. The number of aromatic nitrogens is 2. The number of hydrogen-bond acceptors (Lipinski definition) is 4. The van der Waals surface area contributed by atoms with E-state index in [1.54, 1.807) is 0 Å². The summed E-state index contributed by atoms with van der Waals surface area (Å²) in [6, 6.07) is 1.83. The normalized spacial score (nSPS) is 12.6. The lowest BCUT2D eigenvalue weighted by atomic mass is 10.2. The van der Waals surface area contributed by atoms with E-state index >= 15 is 0 Å². The van der Waals surface area contributed by atoms with Gasteiger partial charge in [-0.25, -0.2) is 4.98 Å². The fourth-order valence-electron chi connectivity index (χ4n) is 1.24. The molecule has 0 bridgehead atoms. The van der Waals surface area contributed by atoms with E-state index in [0.717, 1.165) is 12.2 Å². The van der Waals surface area contributed by atoms with Gasteiger partial charge in [0.15, 0.2) is 0 Å². The van der Waals surface area contributed by atoms with Crippen molar-refractivity contribution in [3.63, 3.8) is 0 Å². The van der Waals surface area contributed by atoms with Crippen molar-refractivity contribution < 1.29 is 4.74 Å². The molecule has 1 rings (SSSR count). The lowest BCUT2D eigenvalue weighted by Crippen LogP contribution is -2.15. The number of anilines is 1. The van der Waals surface area contributed by atoms with Crippen molar-refractivity contribution in [1.29, 1.82) is 0 Å². The zero-order valence-corrected chi connectivity index (χ0v) is 11.6. The predicted molar refractivity (Wildman–Crippen MR) is 70.9 cm³/mol. The van der Waals surface area contributed by atoms with Gasteiger partial charge in [-0.3, -0.25) is 0 Å². The molecule has 4 nitrogen and oxygen atoms in total. The third-order valence-corrected chi connectivity index (χ3v) is 2.59. The number of nitrogens with zero attached hydrogens (tertiary/aromatic N) is 2. The van der Waals surface area contributed by atoms with E-state index in [1.807, 2.05) is 26.8 Å². The number of nitrogens with one attached hydrogen (secondary N) is 1. The van der Waals surface area contributed by atoms with Crippen LogP contribution in [0, 0.1) is 12.8 Å². The molecule has 96 valence electrons. The second-order valence-electron chi connectivity index (χ2n) is 4.48. The van der Waals surface area contributed by atoms with Gasteiger partial charge in [-0.1, -0.05) is 6.92 Å². The molecule has 0 amide bonds. The second-order valence-corrected chi connectivity index (χ2v) is 4.79. The molecule has 0 saturated carbocycles. The van der Waals surface area contributed by atoms with Crippen LogP contribution in [0.5, 0.6) is 5.88 Å². The largest absolute Gasteiger partial charge is 0.475 e. The van der Waals surface area contributed by atoms with Crippen LogP contribution in [-0.4, -0.2) is 28.5 Å². The minimum atomic E-state index is 0.110. The molecule has 1 N–H and O–H groups in total. The summed E-state index contributed by atoms with van der Waals surface area (Å²) < 4.78 is 5.55. The molecule has 1 atom stereocenters. The first-order valence-electron chi connectivity index (χ1n) is 5.83.